The summed E-state index contributed by atoms with van der Waals surface area (Å²) in [6.07, 6.45) is 0.361. The fourth-order valence-corrected chi connectivity index (χ4v) is 7.53. The summed E-state index contributed by atoms with van der Waals surface area (Å²) in [4.78, 5) is 12.3. The highest BCUT2D eigenvalue weighted by Crippen LogP contribution is 2.25. The molecule has 150 valence electrons. The lowest BCUT2D eigenvalue weighted by Gasteiger charge is -2.11. The monoisotopic (exact) mass is 425 g/mol. The molecule has 1 heterocycles. The lowest BCUT2D eigenvalue weighted by Crippen LogP contribution is -2.27. The van der Waals surface area contributed by atoms with Crippen LogP contribution in [0.2, 0.25) is 0 Å². The second-order valence-electron chi connectivity index (χ2n) is 6.70. The average molecular weight is 426 g/mol. The third-order valence-electron chi connectivity index (χ3n) is 4.69. The molecule has 1 aliphatic heterocycles. The number of amides is 1. The Morgan fingerprint density at radius 2 is 1.89 bits per heavy atom. The topological polar surface area (TPSA) is 97.4 Å². The molecule has 3 rings (SSSR count). The lowest BCUT2D eigenvalue weighted by molar-refractivity contribution is 0.0953. The van der Waals surface area contributed by atoms with Gasteiger partial charge in [0.2, 0.25) is 0 Å². The van der Waals surface area contributed by atoms with E-state index in [1.807, 2.05) is 0 Å². The number of halogens is 1. The first-order valence-electron chi connectivity index (χ1n) is 8.75. The summed E-state index contributed by atoms with van der Waals surface area (Å²) in [5, 5.41) is 1.65. The number of carbonyl (C=O) groups is 1. The maximum absolute atomic E-state index is 13.6. The van der Waals surface area contributed by atoms with E-state index >= 15 is 0 Å². The lowest BCUT2D eigenvalue weighted by atomic mass is 10.1. The Labute approximate surface area is 163 Å². The molecule has 6 nitrogen and oxygen atoms in total. The van der Waals surface area contributed by atoms with Crippen molar-refractivity contribution >= 4 is 25.6 Å². The molecule has 2 aromatic rings. The van der Waals surface area contributed by atoms with Crippen molar-refractivity contribution in [2.24, 2.45) is 0 Å². The van der Waals surface area contributed by atoms with Crippen molar-refractivity contribution in [3.8, 4) is 0 Å². The third-order valence-corrected chi connectivity index (χ3v) is 8.86. The first-order valence-corrected chi connectivity index (χ1v) is 12.1. The largest absolute Gasteiger partial charge is 0.352 e. The van der Waals surface area contributed by atoms with Crippen molar-refractivity contribution in [1.29, 1.82) is 0 Å². The molecule has 1 atom stereocenters. The number of sulfone groups is 2. The second-order valence-corrected chi connectivity index (χ2v) is 11.2. The highest BCUT2D eigenvalue weighted by Gasteiger charge is 2.38. The summed E-state index contributed by atoms with van der Waals surface area (Å²) in [7, 11) is -7.19. The molecule has 0 aromatic heterocycles. The van der Waals surface area contributed by atoms with Crippen LogP contribution in [0.5, 0.6) is 0 Å². The van der Waals surface area contributed by atoms with E-state index in [1.165, 1.54) is 30.3 Å². The summed E-state index contributed by atoms with van der Waals surface area (Å²) in [5.41, 5.74) is 0.622. The molecule has 1 saturated heterocycles. The summed E-state index contributed by atoms with van der Waals surface area (Å²) in [5.74, 6) is -1.37. The van der Waals surface area contributed by atoms with Gasteiger partial charge in [0.05, 0.1) is 21.7 Å². The molecular formula is C19H20FNO5S2. The van der Waals surface area contributed by atoms with E-state index in [0.717, 1.165) is 0 Å². The van der Waals surface area contributed by atoms with Gasteiger partial charge < -0.3 is 5.32 Å². The molecule has 9 heteroatoms. The number of carbonyl (C=O) groups excluding carboxylic acids is 1. The smallest absolute Gasteiger partial charge is 0.251 e. The van der Waals surface area contributed by atoms with Crippen molar-refractivity contribution in [3.05, 3.63) is 65.5 Å². The van der Waals surface area contributed by atoms with Crippen LogP contribution in [0.15, 0.2) is 53.4 Å². The Hall–Kier alpha value is -2.26. The van der Waals surface area contributed by atoms with Crippen molar-refractivity contribution in [2.45, 2.75) is 23.0 Å². The second kappa shape index (κ2) is 8.00. The van der Waals surface area contributed by atoms with Crippen LogP contribution in [0.25, 0.3) is 0 Å². The van der Waals surface area contributed by atoms with E-state index in [4.69, 9.17) is 0 Å². The molecule has 0 radical (unpaired) electrons. The van der Waals surface area contributed by atoms with Crippen molar-refractivity contribution < 1.29 is 26.0 Å². The van der Waals surface area contributed by atoms with Crippen molar-refractivity contribution in [1.82, 2.24) is 5.32 Å². The molecule has 0 saturated carbocycles. The summed E-state index contributed by atoms with van der Waals surface area (Å²) in [6.45, 7) is 0.192. The predicted octanol–water partition coefficient (Wildman–Crippen LogP) is 1.76. The van der Waals surface area contributed by atoms with Gasteiger partial charge in [0, 0.05) is 12.1 Å². The normalized spacial score (nSPS) is 18.7. The Kier molecular flexibility index (Phi) is 5.85. The van der Waals surface area contributed by atoms with Gasteiger partial charge in [0.1, 0.15) is 5.82 Å². The maximum atomic E-state index is 13.6. The fourth-order valence-electron chi connectivity index (χ4n) is 3.13. The SMILES string of the molecule is O=C(NCCc1ccccc1F)c1cccc(S(=O)(=O)C2CCS(=O)(=O)C2)c1. The minimum absolute atomic E-state index is 0.0593. The van der Waals surface area contributed by atoms with Gasteiger partial charge in [0.25, 0.3) is 5.91 Å². The molecule has 1 fully saturated rings. The molecule has 1 N–H and O–H groups in total. The van der Waals surface area contributed by atoms with Crippen LogP contribution in [-0.4, -0.2) is 46.0 Å². The Bertz CT molecular complexity index is 1100. The van der Waals surface area contributed by atoms with Crippen LogP contribution in [0, 0.1) is 5.82 Å². The van der Waals surface area contributed by atoms with E-state index < -0.39 is 36.6 Å². The zero-order chi connectivity index (χ0) is 20.4. The van der Waals surface area contributed by atoms with E-state index in [0.29, 0.717) is 12.0 Å². The number of hydrogen-bond acceptors (Lipinski definition) is 5. The number of nitrogens with one attached hydrogen (secondary N) is 1. The fraction of sp³-hybridized carbons (Fsp3) is 0.316. The average Bonchev–Trinajstić information content (AvgIpc) is 3.04. The van der Waals surface area contributed by atoms with E-state index in [-0.39, 0.29) is 35.0 Å². The van der Waals surface area contributed by atoms with Gasteiger partial charge in [-0.25, -0.2) is 21.2 Å². The van der Waals surface area contributed by atoms with Gasteiger partial charge in [-0.1, -0.05) is 24.3 Å². The molecule has 28 heavy (non-hydrogen) atoms. The zero-order valence-corrected chi connectivity index (χ0v) is 16.6. The molecule has 0 bridgehead atoms. The Balaban J connectivity index is 1.69. The molecule has 1 aliphatic rings. The first kappa shape index (κ1) is 20.5. The van der Waals surface area contributed by atoms with Crippen LogP contribution in [0.3, 0.4) is 0 Å². The number of rotatable bonds is 6. The standard InChI is InChI=1S/C19H20FNO5S2/c20-18-7-2-1-4-14(18)8-10-21-19(22)15-5-3-6-16(12-15)28(25,26)17-9-11-27(23,24)13-17/h1-7,12,17H,8-11,13H2,(H,21,22). The van der Waals surface area contributed by atoms with E-state index in [9.17, 15) is 26.0 Å². The van der Waals surface area contributed by atoms with Crippen LogP contribution in [0.4, 0.5) is 4.39 Å². The summed E-state index contributed by atoms with van der Waals surface area (Å²) >= 11 is 0. The maximum Gasteiger partial charge on any atom is 0.251 e. The molecule has 0 aliphatic carbocycles. The number of benzene rings is 2. The van der Waals surface area contributed by atoms with Gasteiger partial charge >= 0.3 is 0 Å². The summed E-state index contributed by atoms with van der Waals surface area (Å²) < 4.78 is 62.2. The predicted molar refractivity (Wildman–Crippen MR) is 103 cm³/mol. The van der Waals surface area contributed by atoms with Crippen LogP contribution >= 0.6 is 0 Å². The molecular weight excluding hydrogens is 405 g/mol. The zero-order valence-electron chi connectivity index (χ0n) is 15.0. The van der Waals surface area contributed by atoms with Crippen molar-refractivity contribution in [3.63, 3.8) is 0 Å². The van der Waals surface area contributed by atoms with Gasteiger partial charge in [-0.2, -0.15) is 0 Å². The minimum Gasteiger partial charge on any atom is -0.352 e. The van der Waals surface area contributed by atoms with E-state index in [1.54, 1.807) is 18.2 Å². The Morgan fingerprint density at radius 1 is 1.14 bits per heavy atom. The molecule has 2 aromatic carbocycles. The van der Waals surface area contributed by atoms with Gasteiger partial charge in [-0.3, -0.25) is 4.79 Å². The molecule has 1 amide bonds. The summed E-state index contributed by atoms with van der Waals surface area (Å²) in [6, 6.07) is 11.8. The van der Waals surface area contributed by atoms with E-state index in [2.05, 4.69) is 5.32 Å². The highest BCUT2D eigenvalue weighted by molar-refractivity contribution is 7.96. The van der Waals surface area contributed by atoms with Gasteiger partial charge in [-0.15, -0.1) is 0 Å². The van der Waals surface area contributed by atoms with Crippen LogP contribution in [-0.2, 0) is 26.1 Å². The minimum atomic E-state index is -3.84. The van der Waals surface area contributed by atoms with Crippen molar-refractivity contribution in [2.75, 3.05) is 18.1 Å². The molecule has 1 unspecified atom stereocenters. The Morgan fingerprint density at radius 3 is 2.57 bits per heavy atom. The first-order chi connectivity index (χ1) is 13.2. The third kappa shape index (κ3) is 4.59. The highest BCUT2D eigenvalue weighted by atomic mass is 32.2. The van der Waals surface area contributed by atoms with Crippen LogP contribution in [0.1, 0.15) is 22.3 Å². The molecule has 0 spiro atoms. The van der Waals surface area contributed by atoms with Gasteiger partial charge in [-0.05, 0) is 42.7 Å². The number of hydrogen-bond donors (Lipinski definition) is 1. The van der Waals surface area contributed by atoms with Gasteiger partial charge in [0.15, 0.2) is 19.7 Å². The van der Waals surface area contributed by atoms with Crippen LogP contribution < -0.4 is 5.32 Å². The quantitative estimate of drug-likeness (QED) is 0.761.